The number of methoxy groups -OCH3 is 1. The third kappa shape index (κ3) is 3.09. The number of hydrogen-bond acceptors (Lipinski definition) is 3. The quantitative estimate of drug-likeness (QED) is 0.801. The number of esters is 1. The zero-order valence-corrected chi connectivity index (χ0v) is 14.6. The summed E-state index contributed by atoms with van der Waals surface area (Å²) in [7, 11) is 1.32. The normalized spacial score (nSPS) is 17.9. The molecular formula is C18H24FNO3. The molecule has 0 radical (unpaired) electrons. The average Bonchev–Trinajstić information content (AvgIpc) is 2.62. The van der Waals surface area contributed by atoms with Crippen LogP contribution in [0.4, 0.5) is 4.39 Å². The number of rotatable bonds is 3. The van der Waals surface area contributed by atoms with E-state index in [1.165, 1.54) is 30.2 Å². The third-order valence-electron chi connectivity index (χ3n) is 4.28. The summed E-state index contributed by atoms with van der Waals surface area (Å²) in [4.78, 5) is 26.7. The summed E-state index contributed by atoms with van der Waals surface area (Å²) in [6, 6.07) is 3.42. The summed E-state index contributed by atoms with van der Waals surface area (Å²) < 4.78 is 18.6. The van der Waals surface area contributed by atoms with Crippen LogP contribution in [0.2, 0.25) is 0 Å². The monoisotopic (exact) mass is 321 g/mol. The van der Waals surface area contributed by atoms with Crippen molar-refractivity contribution in [1.82, 2.24) is 4.90 Å². The Bertz CT molecular complexity index is 646. The molecule has 0 aromatic heterocycles. The van der Waals surface area contributed by atoms with Gasteiger partial charge in [0.25, 0.3) is 5.91 Å². The lowest BCUT2D eigenvalue weighted by atomic mass is 9.85. The number of amides is 1. The first-order chi connectivity index (χ1) is 10.5. The highest BCUT2D eigenvalue weighted by molar-refractivity contribution is 6.02. The van der Waals surface area contributed by atoms with Gasteiger partial charge in [0.2, 0.25) is 0 Å². The van der Waals surface area contributed by atoms with Gasteiger partial charge in [-0.1, -0.05) is 20.8 Å². The van der Waals surface area contributed by atoms with E-state index in [-0.39, 0.29) is 11.3 Å². The largest absolute Gasteiger partial charge is 0.467 e. The molecule has 1 aromatic carbocycles. The Hall–Kier alpha value is -1.91. The molecule has 0 unspecified atom stereocenters. The summed E-state index contributed by atoms with van der Waals surface area (Å²) in [6.45, 7) is 9.67. The van der Waals surface area contributed by atoms with Gasteiger partial charge in [-0.25, -0.2) is 9.18 Å². The molecule has 0 spiro atoms. The van der Waals surface area contributed by atoms with Crippen molar-refractivity contribution >= 4 is 11.9 Å². The highest BCUT2D eigenvalue weighted by Gasteiger charge is 2.49. The third-order valence-corrected chi connectivity index (χ3v) is 4.28. The number of ether oxygens (including phenoxy) is 1. The molecule has 0 saturated heterocycles. The Morgan fingerprint density at radius 2 is 1.96 bits per heavy atom. The maximum Gasteiger partial charge on any atom is 0.328 e. The summed E-state index contributed by atoms with van der Waals surface area (Å²) in [5.41, 5.74) is 0.0953. The molecule has 1 aliphatic heterocycles. The van der Waals surface area contributed by atoms with Gasteiger partial charge in [0.05, 0.1) is 12.6 Å². The van der Waals surface area contributed by atoms with Crippen LogP contribution in [0.15, 0.2) is 18.2 Å². The van der Waals surface area contributed by atoms with Crippen molar-refractivity contribution in [3.8, 4) is 0 Å². The lowest BCUT2D eigenvalue weighted by Gasteiger charge is -2.39. The molecule has 1 aromatic rings. The fourth-order valence-corrected chi connectivity index (χ4v) is 3.25. The summed E-state index contributed by atoms with van der Waals surface area (Å²) in [5, 5.41) is 0. The van der Waals surface area contributed by atoms with E-state index >= 15 is 0 Å². The van der Waals surface area contributed by atoms with E-state index in [2.05, 4.69) is 0 Å². The Labute approximate surface area is 136 Å². The average molecular weight is 321 g/mol. The first-order valence-corrected chi connectivity index (χ1v) is 7.70. The van der Waals surface area contributed by atoms with Gasteiger partial charge in [0.1, 0.15) is 11.9 Å². The van der Waals surface area contributed by atoms with Crippen molar-refractivity contribution in [3.63, 3.8) is 0 Å². The first-order valence-electron chi connectivity index (χ1n) is 7.70. The number of benzene rings is 1. The van der Waals surface area contributed by atoms with Gasteiger partial charge in [0.15, 0.2) is 0 Å². The zero-order valence-electron chi connectivity index (χ0n) is 14.6. The Kier molecular flexibility index (Phi) is 4.26. The van der Waals surface area contributed by atoms with E-state index in [1.807, 2.05) is 34.6 Å². The van der Waals surface area contributed by atoms with Gasteiger partial charge in [-0.05, 0) is 49.4 Å². The molecule has 23 heavy (non-hydrogen) atoms. The number of carbonyl (C=O) groups excluding carboxylic acids is 2. The predicted molar refractivity (Wildman–Crippen MR) is 85.5 cm³/mol. The van der Waals surface area contributed by atoms with Crippen molar-refractivity contribution in [3.05, 3.63) is 35.1 Å². The van der Waals surface area contributed by atoms with Gasteiger partial charge in [-0.15, -0.1) is 0 Å². The fraction of sp³-hybridized carbons (Fsp3) is 0.556. The van der Waals surface area contributed by atoms with Crippen LogP contribution in [0.5, 0.6) is 0 Å². The second kappa shape index (κ2) is 5.62. The van der Waals surface area contributed by atoms with Crippen molar-refractivity contribution in [1.29, 1.82) is 0 Å². The first kappa shape index (κ1) is 17.4. The molecular weight excluding hydrogens is 297 g/mol. The van der Waals surface area contributed by atoms with Crippen LogP contribution in [-0.4, -0.2) is 29.9 Å². The summed E-state index contributed by atoms with van der Waals surface area (Å²) in [6.07, 6.45) is 0.464. The molecule has 0 fully saturated rings. The van der Waals surface area contributed by atoms with Crippen molar-refractivity contribution in [2.24, 2.45) is 5.41 Å². The Morgan fingerprint density at radius 1 is 1.35 bits per heavy atom. The van der Waals surface area contributed by atoms with Gasteiger partial charge >= 0.3 is 5.97 Å². The number of fused-ring (bicyclic) bond motifs is 1. The smallest absolute Gasteiger partial charge is 0.328 e. The molecule has 0 aliphatic carbocycles. The standard InChI is InChI=1S/C18H24FNO3/c1-17(2,3)10-14(16(22)23-6)20-15(21)12-8-7-11(19)9-13(12)18(20,4)5/h7-9,14H,10H2,1-6H3/t14-/m0/s1. The SMILES string of the molecule is COC(=O)[C@H](CC(C)(C)C)N1C(=O)c2ccc(F)cc2C1(C)C. The van der Waals surface area contributed by atoms with E-state index in [1.54, 1.807) is 0 Å². The number of hydrogen-bond donors (Lipinski definition) is 0. The molecule has 1 aliphatic rings. The lowest BCUT2D eigenvalue weighted by molar-refractivity contribution is -0.149. The molecule has 1 amide bonds. The van der Waals surface area contributed by atoms with Gasteiger partial charge < -0.3 is 9.64 Å². The fourth-order valence-electron chi connectivity index (χ4n) is 3.25. The van der Waals surface area contributed by atoms with Crippen LogP contribution in [0.25, 0.3) is 0 Å². The molecule has 4 nitrogen and oxygen atoms in total. The molecule has 1 heterocycles. The minimum absolute atomic E-state index is 0.171. The highest BCUT2D eigenvalue weighted by atomic mass is 19.1. The summed E-state index contributed by atoms with van der Waals surface area (Å²) in [5.74, 6) is -1.10. The van der Waals surface area contributed by atoms with Gasteiger partial charge in [-0.2, -0.15) is 0 Å². The van der Waals surface area contributed by atoms with Crippen LogP contribution >= 0.6 is 0 Å². The topological polar surface area (TPSA) is 46.6 Å². The van der Waals surface area contributed by atoms with Crippen molar-refractivity contribution in [2.45, 2.75) is 52.6 Å². The van der Waals surface area contributed by atoms with Crippen molar-refractivity contribution in [2.75, 3.05) is 7.11 Å². The van der Waals surface area contributed by atoms with Crippen LogP contribution in [-0.2, 0) is 15.1 Å². The second-order valence-corrected chi connectivity index (χ2v) is 7.73. The van der Waals surface area contributed by atoms with Crippen molar-refractivity contribution < 1.29 is 18.7 Å². The molecule has 1 atom stereocenters. The van der Waals surface area contributed by atoms with E-state index in [4.69, 9.17) is 4.74 Å². The maximum atomic E-state index is 13.6. The van der Waals surface area contributed by atoms with E-state index < -0.39 is 23.4 Å². The minimum atomic E-state index is -0.779. The molecule has 2 rings (SSSR count). The maximum absolute atomic E-state index is 13.6. The number of halogens is 1. The van der Waals surface area contributed by atoms with E-state index in [9.17, 15) is 14.0 Å². The lowest BCUT2D eigenvalue weighted by Crippen LogP contribution is -2.51. The second-order valence-electron chi connectivity index (χ2n) is 7.73. The minimum Gasteiger partial charge on any atom is -0.467 e. The highest BCUT2D eigenvalue weighted by Crippen LogP contribution is 2.42. The zero-order chi connectivity index (χ0) is 17.6. The van der Waals surface area contributed by atoms with Crippen LogP contribution in [0.3, 0.4) is 0 Å². The Morgan fingerprint density at radius 3 is 2.48 bits per heavy atom. The molecule has 0 N–H and O–H groups in total. The molecule has 0 saturated carbocycles. The molecule has 126 valence electrons. The number of carbonyl (C=O) groups is 2. The molecule has 0 bridgehead atoms. The number of nitrogens with zero attached hydrogens (tertiary/aromatic N) is 1. The summed E-state index contributed by atoms with van der Waals surface area (Å²) >= 11 is 0. The molecule has 5 heteroatoms. The van der Waals surface area contributed by atoms with Crippen LogP contribution < -0.4 is 0 Å². The van der Waals surface area contributed by atoms with Gasteiger partial charge in [0, 0.05) is 5.56 Å². The Balaban J connectivity index is 2.52. The van der Waals surface area contributed by atoms with Gasteiger partial charge in [-0.3, -0.25) is 4.79 Å². The predicted octanol–water partition coefficient (Wildman–Crippen LogP) is 3.49. The van der Waals surface area contributed by atoms with E-state index in [0.717, 1.165) is 0 Å². The van der Waals surface area contributed by atoms with Crippen LogP contribution in [0.1, 0.15) is 57.0 Å². The van der Waals surface area contributed by atoms with Crippen LogP contribution in [0, 0.1) is 11.2 Å². The van der Waals surface area contributed by atoms with E-state index in [0.29, 0.717) is 17.5 Å².